The Morgan fingerprint density at radius 1 is 0.306 bits per heavy atom. The monoisotopic (exact) mass is 667 g/mol. The van der Waals surface area contributed by atoms with Gasteiger partial charge < -0.3 is 4.90 Å². The molecule has 0 atom stereocenters. The zero-order chi connectivity index (χ0) is 34.4. The van der Waals surface area contributed by atoms with Crippen LogP contribution < -0.4 is 4.90 Å². The molecular weight excluding hydrogens is 646 g/mol. The molecule has 0 fully saturated rings. The predicted octanol–water partition coefficient (Wildman–Crippen LogP) is 12.4. The van der Waals surface area contributed by atoms with Crippen molar-refractivity contribution in [2.24, 2.45) is 0 Å². The van der Waals surface area contributed by atoms with Crippen LogP contribution in [0.2, 0.25) is 0 Å². The van der Waals surface area contributed by atoms with E-state index < -0.39 is 46.5 Å². The molecule has 9 heteroatoms. The number of fused-ring (bicyclic) bond motifs is 1. The van der Waals surface area contributed by atoms with E-state index in [0.717, 1.165) is 60.7 Å². The van der Waals surface area contributed by atoms with Crippen LogP contribution in [0.3, 0.4) is 0 Å². The van der Waals surface area contributed by atoms with Gasteiger partial charge in [-0.2, -0.15) is 0 Å². The molecule has 49 heavy (non-hydrogen) atoms. The van der Waals surface area contributed by atoms with E-state index in [1.54, 1.807) is 54.6 Å². The standard InChI is InChI=1S/C40H21F8N/c41-28-7-24(8-29(42)16-28)22-2-1-3-36(13-22)49(38-20-34(47)19-35(48)21-38)37-4-5-39-26(14-37)6-23(25-9-30(43)17-31(44)10-25)15-40(39)27-11-32(45)18-33(46)12-27/h1-21H. The van der Waals surface area contributed by atoms with E-state index in [0.29, 0.717) is 51.0 Å². The SMILES string of the molecule is Fc1cc(F)cc(-c2cccc(N(c3cc(F)cc(F)c3)c3ccc4c(-c5cc(F)cc(F)c5)cc(-c5cc(F)cc(F)c5)cc4c3)c2)c1. The van der Waals surface area contributed by atoms with Crippen molar-refractivity contribution in [3.05, 3.63) is 174 Å². The lowest BCUT2D eigenvalue weighted by atomic mass is 9.92. The molecule has 7 aromatic carbocycles. The first-order chi connectivity index (χ1) is 23.5. The summed E-state index contributed by atoms with van der Waals surface area (Å²) < 4.78 is 115. The molecule has 0 amide bonds. The van der Waals surface area contributed by atoms with E-state index in [2.05, 4.69) is 0 Å². The van der Waals surface area contributed by atoms with Crippen LogP contribution in [-0.2, 0) is 0 Å². The molecule has 0 aliphatic heterocycles. The lowest BCUT2D eigenvalue weighted by molar-refractivity contribution is 0.583. The molecule has 0 saturated carbocycles. The van der Waals surface area contributed by atoms with Crippen molar-refractivity contribution in [1.82, 2.24) is 0 Å². The van der Waals surface area contributed by atoms with Gasteiger partial charge in [-0.3, -0.25) is 0 Å². The third kappa shape index (κ3) is 6.60. The number of rotatable bonds is 6. The van der Waals surface area contributed by atoms with Gasteiger partial charge in [0.1, 0.15) is 46.5 Å². The topological polar surface area (TPSA) is 3.24 Å². The lowest BCUT2D eigenvalue weighted by Crippen LogP contribution is -2.11. The highest BCUT2D eigenvalue weighted by atomic mass is 19.2. The first-order valence-corrected chi connectivity index (χ1v) is 14.8. The van der Waals surface area contributed by atoms with Crippen LogP contribution in [0.25, 0.3) is 44.2 Å². The van der Waals surface area contributed by atoms with Crippen molar-refractivity contribution in [3.63, 3.8) is 0 Å². The van der Waals surface area contributed by atoms with Gasteiger partial charge in [0.15, 0.2) is 0 Å². The van der Waals surface area contributed by atoms with E-state index in [-0.39, 0.29) is 22.4 Å². The Morgan fingerprint density at radius 2 is 0.755 bits per heavy atom. The zero-order valence-electron chi connectivity index (χ0n) is 25.1. The Kier molecular flexibility index (Phi) is 8.12. The largest absolute Gasteiger partial charge is 0.310 e. The first kappa shape index (κ1) is 31.6. The minimum absolute atomic E-state index is 0.0650. The van der Waals surface area contributed by atoms with Gasteiger partial charge in [0.25, 0.3) is 0 Å². The summed E-state index contributed by atoms with van der Waals surface area (Å²) >= 11 is 0. The van der Waals surface area contributed by atoms with Gasteiger partial charge in [0.2, 0.25) is 0 Å². The number of anilines is 3. The molecule has 0 saturated heterocycles. The fourth-order valence-corrected chi connectivity index (χ4v) is 5.99. The molecule has 7 rings (SSSR count). The van der Waals surface area contributed by atoms with Crippen LogP contribution in [0.5, 0.6) is 0 Å². The summed E-state index contributed by atoms with van der Waals surface area (Å²) in [6, 6.07) is 26.5. The molecule has 0 aliphatic rings. The molecule has 0 aliphatic carbocycles. The minimum Gasteiger partial charge on any atom is -0.310 e. The van der Waals surface area contributed by atoms with E-state index in [1.165, 1.54) is 4.90 Å². The fraction of sp³-hybridized carbons (Fsp3) is 0. The summed E-state index contributed by atoms with van der Waals surface area (Å²) in [6.45, 7) is 0. The summed E-state index contributed by atoms with van der Waals surface area (Å²) in [5.41, 5.74) is 2.40. The molecule has 0 unspecified atom stereocenters. The van der Waals surface area contributed by atoms with Crippen LogP contribution in [-0.4, -0.2) is 0 Å². The molecule has 242 valence electrons. The smallest absolute Gasteiger partial charge is 0.128 e. The third-order valence-electron chi connectivity index (χ3n) is 7.97. The predicted molar refractivity (Wildman–Crippen MR) is 175 cm³/mol. The first-order valence-electron chi connectivity index (χ1n) is 14.8. The fourth-order valence-electron chi connectivity index (χ4n) is 5.99. The lowest BCUT2D eigenvalue weighted by Gasteiger charge is -2.27. The molecular formula is C40H21F8N. The Hall–Kier alpha value is -5.96. The second kappa shape index (κ2) is 12.6. The van der Waals surface area contributed by atoms with Crippen molar-refractivity contribution >= 4 is 27.8 Å². The summed E-state index contributed by atoms with van der Waals surface area (Å²) in [5, 5.41) is 0.952. The van der Waals surface area contributed by atoms with Gasteiger partial charge in [-0.25, -0.2) is 35.1 Å². The summed E-state index contributed by atoms with van der Waals surface area (Å²) in [5.74, 6) is -6.65. The van der Waals surface area contributed by atoms with Crippen LogP contribution in [0.4, 0.5) is 52.2 Å². The van der Waals surface area contributed by atoms with E-state index in [4.69, 9.17) is 0 Å². The van der Waals surface area contributed by atoms with Crippen molar-refractivity contribution in [2.45, 2.75) is 0 Å². The Bertz CT molecular complexity index is 2320. The maximum atomic E-state index is 14.6. The van der Waals surface area contributed by atoms with Crippen LogP contribution in [0.15, 0.2) is 127 Å². The quantitative estimate of drug-likeness (QED) is 0.160. The molecule has 0 radical (unpaired) electrons. The van der Waals surface area contributed by atoms with Crippen molar-refractivity contribution < 1.29 is 35.1 Å². The van der Waals surface area contributed by atoms with Crippen molar-refractivity contribution in [2.75, 3.05) is 4.90 Å². The average Bonchev–Trinajstić information content (AvgIpc) is 3.02. The highest BCUT2D eigenvalue weighted by Gasteiger charge is 2.19. The maximum absolute atomic E-state index is 14.6. The number of hydrogen-bond donors (Lipinski definition) is 0. The van der Waals surface area contributed by atoms with E-state index in [1.807, 2.05) is 0 Å². The van der Waals surface area contributed by atoms with Crippen molar-refractivity contribution in [3.8, 4) is 33.4 Å². The normalized spacial score (nSPS) is 11.3. The van der Waals surface area contributed by atoms with Crippen LogP contribution in [0.1, 0.15) is 0 Å². The van der Waals surface area contributed by atoms with E-state index in [9.17, 15) is 35.1 Å². The van der Waals surface area contributed by atoms with Crippen LogP contribution in [0, 0.1) is 46.5 Å². The molecule has 0 N–H and O–H groups in total. The number of nitrogens with zero attached hydrogens (tertiary/aromatic N) is 1. The summed E-state index contributed by atoms with van der Waals surface area (Å²) in [6.07, 6.45) is 0. The second-order valence-electron chi connectivity index (χ2n) is 11.4. The molecule has 0 heterocycles. The van der Waals surface area contributed by atoms with Gasteiger partial charge in [0, 0.05) is 35.6 Å². The number of halogens is 8. The highest BCUT2D eigenvalue weighted by molar-refractivity contribution is 6.02. The van der Waals surface area contributed by atoms with Gasteiger partial charge in [-0.1, -0.05) is 18.2 Å². The molecule has 1 nitrogen and oxygen atoms in total. The Morgan fingerprint density at radius 3 is 1.31 bits per heavy atom. The molecule has 0 spiro atoms. The molecule has 0 aromatic heterocycles. The molecule has 0 bridgehead atoms. The van der Waals surface area contributed by atoms with Gasteiger partial charge >= 0.3 is 0 Å². The minimum atomic E-state index is -0.866. The van der Waals surface area contributed by atoms with Gasteiger partial charge in [-0.15, -0.1) is 0 Å². The highest BCUT2D eigenvalue weighted by Crippen LogP contribution is 2.41. The number of hydrogen-bond acceptors (Lipinski definition) is 1. The Labute approximate surface area is 274 Å². The van der Waals surface area contributed by atoms with Crippen molar-refractivity contribution in [1.29, 1.82) is 0 Å². The summed E-state index contributed by atoms with van der Waals surface area (Å²) in [7, 11) is 0. The third-order valence-corrected chi connectivity index (χ3v) is 7.97. The Balaban J connectivity index is 1.47. The van der Waals surface area contributed by atoms with E-state index >= 15 is 0 Å². The van der Waals surface area contributed by atoms with Crippen LogP contribution >= 0.6 is 0 Å². The number of benzene rings is 7. The average molecular weight is 668 g/mol. The van der Waals surface area contributed by atoms with Gasteiger partial charge in [0.05, 0.1) is 5.69 Å². The summed E-state index contributed by atoms with van der Waals surface area (Å²) in [4.78, 5) is 1.51. The van der Waals surface area contributed by atoms with Gasteiger partial charge in [-0.05, 0) is 129 Å². The second-order valence-corrected chi connectivity index (χ2v) is 11.4. The molecule has 7 aromatic rings. The zero-order valence-corrected chi connectivity index (χ0v) is 25.1. The maximum Gasteiger partial charge on any atom is 0.128 e.